The van der Waals surface area contributed by atoms with Gasteiger partial charge in [-0.2, -0.15) is 0 Å². The van der Waals surface area contributed by atoms with E-state index in [0.29, 0.717) is 12.5 Å². The molecule has 0 spiro atoms. The molecule has 1 aromatic rings. The lowest BCUT2D eigenvalue weighted by Gasteiger charge is -2.43. The van der Waals surface area contributed by atoms with Gasteiger partial charge in [0.05, 0.1) is 4.92 Å². The van der Waals surface area contributed by atoms with Crippen molar-refractivity contribution in [3.05, 3.63) is 28.3 Å². The highest BCUT2D eigenvalue weighted by atomic mass is 32.2. The van der Waals surface area contributed by atoms with Gasteiger partial charge in [-0.1, -0.05) is 12.5 Å². The van der Waals surface area contributed by atoms with Crippen LogP contribution in [0.25, 0.3) is 0 Å². The number of nitro groups is 1. The van der Waals surface area contributed by atoms with Crippen LogP contribution in [-0.4, -0.2) is 19.9 Å². The average molecular weight is 325 g/mol. The molecule has 0 heterocycles. The molecular formula is C14H19N3O4S. The van der Waals surface area contributed by atoms with Crippen molar-refractivity contribution < 1.29 is 13.3 Å². The van der Waals surface area contributed by atoms with Crippen molar-refractivity contribution in [3.63, 3.8) is 0 Å². The fraction of sp³-hybridized carbons (Fsp3) is 0.571. The Bertz CT molecular complexity index is 709. The summed E-state index contributed by atoms with van der Waals surface area (Å²) in [6.45, 7) is 0.645. The summed E-state index contributed by atoms with van der Waals surface area (Å²) in [6.07, 6.45) is 5.90. The first-order valence-electron chi connectivity index (χ1n) is 7.38. The van der Waals surface area contributed by atoms with Crippen LogP contribution in [0.15, 0.2) is 23.1 Å². The van der Waals surface area contributed by atoms with Crippen LogP contribution in [0.2, 0.25) is 0 Å². The molecule has 22 heavy (non-hydrogen) atoms. The van der Waals surface area contributed by atoms with E-state index in [1.165, 1.54) is 37.5 Å². The Morgan fingerprint density at radius 3 is 2.50 bits per heavy atom. The predicted molar refractivity (Wildman–Crippen MR) is 82.0 cm³/mol. The lowest BCUT2D eigenvalue weighted by Crippen LogP contribution is -2.38. The summed E-state index contributed by atoms with van der Waals surface area (Å²) in [5.74, 6) is 0.703. The Labute approximate surface area is 129 Å². The lowest BCUT2D eigenvalue weighted by atomic mass is 9.65. The molecule has 0 aliphatic heterocycles. The highest BCUT2D eigenvalue weighted by molar-refractivity contribution is 7.89. The van der Waals surface area contributed by atoms with Gasteiger partial charge >= 0.3 is 5.69 Å². The molecule has 1 aromatic carbocycles. The molecule has 8 heteroatoms. The van der Waals surface area contributed by atoms with Gasteiger partial charge in [0.25, 0.3) is 0 Å². The van der Waals surface area contributed by atoms with Gasteiger partial charge in [-0.3, -0.25) is 10.1 Å². The fourth-order valence-corrected chi connectivity index (χ4v) is 4.13. The van der Waals surface area contributed by atoms with Crippen LogP contribution in [0, 0.1) is 21.4 Å². The second kappa shape index (κ2) is 5.20. The monoisotopic (exact) mass is 325 g/mol. The molecule has 2 fully saturated rings. The Balaban J connectivity index is 1.88. The molecule has 7 nitrogen and oxygen atoms in total. The zero-order valence-corrected chi connectivity index (χ0v) is 12.9. The summed E-state index contributed by atoms with van der Waals surface area (Å²) in [5.41, 5.74) is -0.00965. The third-order valence-electron chi connectivity index (χ3n) is 4.91. The quantitative estimate of drug-likeness (QED) is 0.614. The minimum absolute atomic E-state index is 0.225. The SMILES string of the molecule is NS(=O)(=O)c1cccc(NCC2(C3CC3)CCC2)c1[N+](=O)[O-]. The number of para-hydroxylation sites is 1. The molecule has 2 aliphatic rings. The summed E-state index contributed by atoms with van der Waals surface area (Å²) < 4.78 is 23.1. The molecule has 2 aliphatic carbocycles. The molecule has 2 saturated carbocycles. The van der Waals surface area contributed by atoms with Crippen LogP contribution in [0.1, 0.15) is 32.1 Å². The van der Waals surface area contributed by atoms with E-state index in [1.807, 2.05) is 0 Å². The maximum absolute atomic E-state index is 11.5. The Kier molecular flexibility index (Phi) is 3.60. The van der Waals surface area contributed by atoms with Crippen molar-refractivity contribution in [1.29, 1.82) is 0 Å². The molecule has 3 rings (SSSR count). The van der Waals surface area contributed by atoms with Crippen molar-refractivity contribution in [2.24, 2.45) is 16.5 Å². The van der Waals surface area contributed by atoms with Gasteiger partial charge in [-0.15, -0.1) is 0 Å². The fourth-order valence-electron chi connectivity index (χ4n) is 3.41. The minimum Gasteiger partial charge on any atom is -0.379 e. The Hall–Kier alpha value is -1.67. The molecule has 120 valence electrons. The van der Waals surface area contributed by atoms with Crippen LogP contribution in [0.4, 0.5) is 11.4 Å². The van der Waals surface area contributed by atoms with Gasteiger partial charge in [-0.05, 0) is 49.1 Å². The van der Waals surface area contributed by atoms with Crippen molar-refractivity contribution in [3.8, 4) is 0 Å². The molecule has 0 unspecified atom stereocenters. The third-order valence-corrected chi connectivity index (χ3v) is 5.85. The number of hydrogen-bond acceptors (Lipinski definition) is 5. The number of hydrogen-bond donors (Lipinski definition) is 2. The zero-order valence-electron chi connectivity index (χ0n) is 12.1. The minimum atomic E-state index is -4.13. The molecule has 0 saturated heterocycles. The topological polar surface area (TPSA) is 115 Å². The second-order valence-electron chi connectivity index (χ2n) is 6.30. The van der Waals surface area contributed by atoms with E-state index in [4.69, 9.17) is 5.14 Å². The number of nitrogens with two attached hydrogens (primary N) is 1. The third kappa shape index (κ3) is 2.68. The number of sulfonamides is 1. The molecule has 3 N–H and O–H groups in total. The molecule has 0 bridgehead atoms. The summed E-state index contributed by atoms with van der Waals surface area (Å²) in [7, 11) is -4.13. The van der Waals surface area contributed by atoms with E-state index < -0.39 is 25.5 Å². The van der Waals surface area contributed by atoms with Crippen LogP contribution in [-0.2, 0) is 10.0 Å². The van der Waals surface area contributed by atoms with E-state index in [9.17, 15) is 18.5 Å². The van der Waals surface area contributed by atoms with Crippen LogP contribution < -0.4 is 10.5 Å². The highest BCUT2D eigenvalue weighted by Gasteiger charge is 2.48. The van der Waals surface area contributed by atoms with Gasteiger partial charge in [0.1, 0.15) is 5.69 Å². The van der Waals surface area contributed by atoms with Crippen LogP contribution >= 0.6 is 0 Å². The van der Waals surface area contributed by atoms with E-state index in [2.05, 4.69) is 5.32 Å². The predicted octanol–water partition coefficient (Wildman–Crippen LogP) is 2.23. The maximum Gasteiger partial charge on any atom is 0.312 e. The van der Waals surface area contributed by atoms with Crippen molar-refractivity contribution in [1.82, 2.24) is 0 Å². The lowest BCUT2D eigenvalue weighted by molar-refractivity contribution is -0.386. The number of benzene rings is 1. The Morgan fingerprint density at radius 2 is 2.05 bits per heavy atom. The van der Waals surface area contributed by atoms with E-state index in [-0.39, 0.29) is 11.1 Å². The first-order chi connectivity index (χ1) is 10.3. The maximum atomic E-state index is 11.5. The molecule has 0 amide bonds. The summed E-state index contributed by atoms with van der Waals surface area (Å²) in [4.78, 5) is 10.2. The van der Waals surface area contributed by atoms with Crippen LogP contribution in [0.3, 0.4) is 0 Å². The second-order valence-corrected chi connectivity index (χ2v) is 7.83. The van der Waals surface area contributed by atoms with E-state index in [0.717, 1.165) is 12.8 Å². The Morgan fingerprint density at radius 1 is 1.36 bits per heavy atom. The number of rotatable bonds is 6. The number of nitrogens with zero attached hydrogens (tertiary/aromatic N) is 1. The number of nitrogens with one attached hydrogen (secondary N) is 1. The van der Waals surface area contributed by atoms with Crippen molar-refractivity contribution >= 4 is 21.4 Å². The van der Waals surface area contributed by atoms with Crippen molar-refractivity contribution in [2.75, 3.05) is 11.9 Å². The molecule has 0 radical (unpaired) electrons. The van der Waals surface area contributed by atoms with Gasteiger partial charge < -0.3 is 5.32 Å². The molecule has 0 aromatic heterocycles. The number of anilines is 1. The largest absolute Gasteiger partial charge is 0.379 e. The first kappa shape index (κ1) is 15.2. The zero-order chi connectivity index (χ0) is 16.0. The van der Waals surface area contributed by atoms with Gasteiger partial charge in [0.15, 0.2) is 4.90 Å². The van der Waals surface area contributed by atoms with Crippen LogP contribution in [0.5, 0.6) is 0 Å². The van der Waals surface area contributed by atoms with Crippen molar-refractivity contribution in [2.45, 2.75) is 37.0 Å². The molecular weight excluding hydrogens is 306 g/mol. The smallest absolute Gasteiger partial charge is 0.312 e. The van der Waals surface area contributed by atoms with Gasteiger partial charge in [0.2, 0.25) is 10.0 Å². The molecule has 0 atom stereocenters. The summed E-state index contributed by atoms with van der Waals surface area (Å²) >= 11 is 0. The first-order valence-corrected chi connectivity index (χ1v) is 8.92. The number of nitro benzene ring substituents is 1. The standard InChI is InChI=1S/C14H19N3O4S/c15-22(20,21)12-4-1-3-11(13(12)17(18)19)16-9-14(7-2-8-14)10-5-6-10/h1,3-4,10,16H,2,5-9H2,(H2,15,20,21). The number of primary sulfonamides is 1. The average Bonchev–Trinajstić information content (AvgIpc) is 3.20. The summed E-state index contributed by atoms with van der Waals surface area (Å²) in [6, 6.07) is 4.17. The van der Waals surface area contributed by atoms with Gasteiger partial charge in [0, 0.05) is 6.54 Å². The highest BCUT2D eigenvalue weighted by Crippen LogP contribution is 2.57. The normalized spacial score (nSPS) is 20.2. The van der Waals surface area contributed by atoms with E-state index in [1.54, 1.807) is 0 Å². The summed E-state index contributed by atoms with van der Waals surface area (Å²) in [5, 5.41) is 19.5. The van der Waals surface area contributed by atoms with E-state index >= 15 is 0 Å². The van der Waals surface area contributed by atoms with Gasteiger partial charge in [-0.25, -0.2) is 13.6 Å².